The second-order valence-electron chi connectivity index (χ2n) is 6.49. The summed E-state index contributed by atoms with van der Waals surface area (Å²) in [5.41, 5.74) is 1.54. The molecule has 0 N–H and O–H groups in total. The fourth-order valence-electron chi connectivity index (χ4n) is 3.40. The van der Waals surface area contributed by atoms with Crippen LogP contribution < -0.4 is 0 Å². The van der Waals surface area contributed by atoms with Gasteiger partial charge in [0.1, 0.15) is 11.3 Å². The summed E-state index contributed by atoms with van der Waals surface area (Å²) in [5.74, 6) is -1.80. The van der Waals surface area contributed by atoms with Crippen LogP contribution in [0.15, 0.2) is 60.7 Å². The van der Waals surface area contributed by atoms with E-state index in [-0.39, 0.29) is 35.8 Å². The summed E-state index contributed by atoms with van der Waals surface area (Å²) in [6, 6.07) is 17.7. The smallest absolute Gasteiger partial charge is 0.356 e. The van der Waals surface area contributed by atoms with Crippen molar-refractivity contribution in [3.63, 3.8) is 0 Å². The maximum atomic E-state index is 13.4. The number of rotatable bonds is 7. The lowest BCUT2D eigenvalue weighted by molar-refractivity contribution is 0.0472. The number of carbonyl (C=O) groups excluding carboxylic acids is 3. The van der Waals surface area contributed by atoms with E-state index in [0.717, 1.165) is 0 Å². The molecule has 3 rings (SSSR count). The molecule has 0 saturated heterocycles. The zero-order valence-corrected chi connectivity index (χ0v) is 17.2. The Bertz CT molecular complexity index is 1070. The zero-order chi connectivity index (χ0) is 21.7. The summed E-state index contributed by atoms with van der Waals surface area (Å²) < 4.78 is 12.0. The highest BCUT2D eigenvalue weighted by atomic mass is 16.5. The molecule has 3 aromatic rings. The van der Waals surface area contributed by atoms with E-state index in [2.05, 4.69) is 0 Å². The summed E-state index contributed by atoms with van der Waals surface area (Å²) in [5, 5.41) is 0. The average Bonchev–Trinajstić information content (AvgIpc) is 3.08. The Labute approximate surface area is 175 Å². The molecule has 0 radical (unpaired) electrons. The van der Waals surface area contributed by atoms with Crippen LogP contribution in [0.25, 0.3) is 5.69 Å². The van der Waals surface area contributed by atoms with Gasteiger partial charge >= 0.3 is 11.9 Å². The highest BCUT2D eigenvalue weighted by molar-refractivity contribution is 6.18. The monoisotopic (exact) mass is 405 g/mol. The van der Waals surface area contributed by atoms with Gasteiger partial charge in [-0.1, -0.05) is 48.5 Å². The van der Waals surface area contributed by atoms with Gasteiger partial charge in [0.2, 0.25) is 0 Å². The molecule has 0 aliphatic rings. The number of ketones is 1. The van der Waals surface area contributed by atoms with E-state index in [1.165, 1.54) is 0 Å². The van der Waals surface area contributed by atoms with Gasteiger partial charge in [-0.05, 0) is 32.9 Å². The Balaban J connectivity index is 2.37. The van der Waals surface area contributed by atoms with Gasteiger partial charge in [-0.15, -0.1) is 0 Å². The maximum absolute atomic E-state index is 13.4. The predicted octanol–water partition coefficient (Wildman–Crippen LogP) is 4.37. The first-order chi connectivity index (χ1) is 14.5. The zero-order valence-electron chi connectivity index (χ0n) is 17.2. The third-order valence-corrected chi connectivity index (χ3v) is 4.63. The summed E-state index contributed by atoms with van der Waals surface area (Å²) in [7, 11) is 0. The van der Waals surface area contributed by atoms with E-state index in [0.29, 0.717) is 16.9 Å². The number of aromatic nitrogens is 1. The van der Waals surface area contributed by atoms with Crippen molar-refractivity contribution in [2.45, 2.75) is 20.8 Å². The maximum Gasteiger partial charge on any atom is 0.356 e. The molecule has 30 heavy (non-hydrogen) atoms. The van der Waals surface area contributed by atoms with Crippen LogP contribution in [0.4, 0.5) is 0 Å². The van der Waals surface area contributed by atoms with Crippen LogP contribution in [0.3, 0.4) is 0 Å². The third kappa shape index (κ3) is 3.89. The number of nitrogens with zero attached hydrogens (tertiary/aromatic N) is 1. The number of carbonyl (C=O) groups is 3. The van der Waals surface area contributed by atoms with Crippen LogP contribution in [0.1, 0.15) is 56.3 Å². The lowest BCUT2D eigenvalue weighted by Crippen LogP contribution is -2.18. The second-order valence-corrected chi connectivity index (χ2v) is 6.49. The van der Waals surface area contributed by atoms with E-state index in [9.17, 15) is 14.4 Å². The van der Waals surface area contributed by atoms with Gasteiger partial charge < -0.3 is 14.0 Å². The van der Waals surface area contributed by atoms with E-state index < -0.39 is 11.9 Å². The molecule has 0 saturated carbocycles. The van der Waals surface area contributed by atoms with Crippen molar-refractivity contribution >= 4 is 17.7 Å². The van der Waals surface area contributed by atoms with Crippen molar-refractivity contribution < 1.29 is 23.9 Å². The summed E-state index contributed by atoms with van der Waals surface area (Å²) >= 11 is 0. The summed E-state index contributed by atoms with van der Waals surface area (Å²) in [4.78, 5) is 39.3. The number of ether oxygens (including phenoxy) is 2. The van der Waals surface area contributed by atoms with Crippen LogP contribution in [-0.4, -0.2) is 35.5 Å². The molecule has 154 valence electrons. The first-order valence-electron chi connectivity index (χ1n) is 9.75. The summed E-state index contributed by atoms with van der Waals surface area (Å²) in [6.45, 7) is 5.29. The van der Waals surface area contributed by atoms with Gasteiger partial charge in [-0.25, -0.2) is 9.59 Å². The molecule has 0 aliphatic heterocycles. The molecule has 0 atom stereocenters. The van der Waals surface area contributed by atoms with Crippen LogP contribution in [0, 0.1) is 6.92 Å². The van der Waals surface area contributed by atoms with Gasteiger partial charge in [-0.2, -0.15) is 0 Å². The van der Waals surface area contributed by atoms with Gasteiger partial charge in [-0.3, -0.25) is 4.79 Å². The Morgan fingerprint density at radius 3 is 1.87 bits per heavy atom. The first kappa shape index (κ1) is 21.0. The number of hydrogen-bond acceptors (Lipinski definition) is 5. The number of hydrogen-bond donors (Lipinski definition) is 0. The molecule has 1 aromatic heterocycles. The molecule has 0 aliphatic carbocycles. The Kier molecular flexibility index (Phi) is 6.47. The summed E-state index contributed by atoms with van der Waals surface area (Å²) in [6.07, 6.45) is 0. The number of esters is 2. The molecule has 0 spiro atoms. The van der Waals surface area contributed by atoms with Gasteiger partial charge in [0, 0.05) is 16.9 Å². The minimum absolute atomic E-state index is 0.0155. The molecule has 6 heteroatoms. The Hall–Kier alpha value is -3.67. The third-order valence-electron chi connectivity index (χ3n) is 4.63. The molecule has 0 bridgehead atoms. The van der Waals surface area contributed by atoms with Gasteiger partial charge in [0.25, 0.3) is 0 Å². The fourth-order valence-corrected chi connectivity index (χ4v) is 3.40. The topological polar surface area (TPSA) is 74.6 Å². The molecular weight excluding hydrogens is 382 g/mol. The Morgan fingerprint density at radius 2 is 1.30 bits per heavy atom. The van der Waals surface area contributed by atoms with E-state index in [4.69, 9.17) is 9.47 Å². The Morgan fingerprint density at radius 1 is 0.767 bits per heavy atom. The highest BCUT2D eigenvalue weighted by Crippen LogP contribution is 2.30. The van der Waals surface area contributed by atoms with Crippen LogP contribution in [0.5, 0.6) is 0 Å². The van der Waals surface area contributed by atoms with Crippen LogP contribution in [0.2, 0.25) is 0 Å². The van der Waals surface area contributed by atoms with Crippen LogP contribution in [-0.2, 0) is 9.47 Å². The second kappa shape index (κ2) is 9.22. The predicted molar refractivity (Wildman–Crippen MR) is 112 cm³/mol. The molecule has 1 heterocycles. The first-order valence-corrected chi connectivity index (χ1v) is 9.75. The van der Waals surface area contributed by atoms with Crippen molar-refractivity contribution in [2.75, 3.05) is 13.2 Å². The van der Waals surface area contributed by atoms with Crippen LogP contribution >= 0.6 is 0 Å². The molecule has 0 fully saturated rings. The molecular formula is C24H23NO5. The highest BCUT2D eigenvalue weighted by Gasteiger charge is 2.35. The van der Waals surface area contributed by atoms with E-state index in [1.54, 1.807) is 67.8 Å². The van der Waals surface area contributed by atoms with Gasteiger partial charge in [0.15, 0.2) is 5.78 Å². The standard InChI is InChI=1S/C24H23NO5/c1-4-29-23(27)20-19(22(26)17-12-8-6-9-13-17)16(3)25(18-14-10-7-11-15-18)21(20)24(28)30-5-2/h6-15H,4-5H2,1-3H3. The normalized spacial score (nSPS) is 10.5. The molecule has 6 nitrogen and oxygen atoms in total. The quantitative estimate of drug-likeness (QED) is 0.431. The van der Waals surface area contributed by atoms with E-state index >= 15 is 0 Å². The minimum atomic E-state index is -0.738. The molecule has 0 amide bonds. The van der Waals surface area contributed by atoms with Crippen molar-refractivity contribution in [1.29, 1.82) is 0 Å². The van der Waals surface area contributed by atoms with Crippen molar-refractivity contribution in [3.8, 4) is 5.69 Å². The average molecular weight is 405 g/mol. The van der Waals surface area contributed by atoms with Crippen molar-refractivity contribution in [3.05, 3.63) is 88.7 Å². The largest absolute Gasteiger partial charge is 0.462 e. The molecule has 0 unspecified atom stereocenters. The van der Waals surface area contributed by atoms with Crippen molar-refractivity contribution in [2.24, 2.45) is 0 Å². The lowest BCUT2D eigenvalue weighted by Gasteiger charge is -2.12. The fraction of sp³-hybridized carbons (Fsp3) is 0.208. The van der Waals surface area contributed by atoms with Gasteiger partial charge in [0.05, 0.1) is 18.8 Å². The minimum Gasteiger partial charge on any atom is -0.462 e. The number of benzene rings is 2. The SMILES string of the molecule is CCOC(=O)c1c(C(=O)c2ccccc2)c(C)n(-c2ccccc2)c1C(=O)OCC. The van der Waals surface area contributed by atoms with E-state index in [1.807, 2.05) is 18.2 Å². The number of para-hydroxylation sites is 1. The lowest BCUT2D eigenvalue weighted by atomic mass is 9.99. The van der Waals surface area contributed by atoms with Crippen molar-refractivity contribution in [1.82, 2.24) is 4.57 Å². The molecule has 2 aromatic carbocycles.